The van der Waals surface area contributed by atoms with Crippen LogP contribution in [-0.2, 0) is 19.1 Å². The number of carbonyl (C=O) groups is 2. The van der Waals surface area contributed by atoms with E-state index in [2.05, 4.69) is 21.1 Å². The van der Waals surface area contributed by atoms with Crippen LogP contribution in [0.4, 0.5) is 8.78 Å². The van der Waals surface area contributed by atoms with Crippen molar-refractivity contribution in [3.63, 3.8) is 0 Å². The quantitative estimate of drug-likeness (QED) is 0.182. The van der Waals surface area contributed by atoms with Gasteiger partial charge in [0.05, 0.1) is 13.2 Å². The van der Waals surface area contributed by atoms with Gasteiger partial charge in [-0.2, -0.15) is 8.78 Å². The number of rotatable bonds is 6. The molecule has 0 bridgehead atoms. The van der Waals surface area contributed by atoms with Crippen LogP contribution in [0.15, 0.2) is 11.8 Å². The molecular formula is C9H11ClF2O4. The van der Waals surface area contributed by atoms with Crippen LogP contribution in [0.2, 0.25) is 0 Å². The van der Waals surface area contributed by atoms with Crippen LogP contribution < -0.4 is 0 Å². The average molecular weight is 257 g/mol. The Kier molecular flexibility index (Phi) is 5.95. The molecule has 0 saturated carbocycles. The molecule has 0 rings (SSSR count). The van der Waals surface area contributed by atoms with Gasteiger partial charge in [-0.25, -0.2) is 4.79 Å². The lowest BCUT2D eigenvalue weighted by molar-refractivity contribution is -0.143. The minimum Gasteiger partial charge on any atom is -0.500 e. The van der Waals surface area contributed by atoms with E-state index in [0.717, 1.165) is 0 Å². The molecule has 0 N–H and O–H groups in total. The summed E-state index contributed by atoms with van der Waals surface area (Å²) < 4.78 is 34.0. The second-order valence-electron chi connectivity index (χ2n) is 2.53. The van der Waals surface area contributed by atoms with Crippen molar-refractivity contribution in [2.24, 2.45) is 0 Å². The summed E-state index contributed by atoms with van der Waals surface area (Å²) in [5.74, 6) is -3.04. The molecular weight excluding hydrogens is 246 g/mol. The van der Waals surface area contributed by atoms with Crippen LogP contribution in [0.5, 0.6) is 0 Å². The van der Waals surface area contributed by atoms with Crippen molar-refractivity contribution in [1.29, 1.82) is 0 Å². The number of hydrogen-bond acceptors (Lipinski definition) is 4. The summed E-state index contributed by atoms with van der Waals surface area (Å²) in [6.07, 6.45) is 0.622. The largest absolute Gasteiger partial charge is 0.500 e. The normalized spacial score (nSPS) is 12.2. The summed E-state index contributed by atoms with van der Waals surface area (Å²) >= 11 is 4.51. The average Bonchev–Trinajstić information content (AvgIpc) is 2.17. The number of hydrogen-bond donors (Lipinski definition) is 0. The second kappa shape index (κ2) is 6.42. The maximum Gasteiger partial charge on any atom is 0.385 e. The van der Waals surface area contributed by atoms with Crippen LogP contribution in [-0.4, -0.2) is 30.3 Å². The third-order valence-corrected chi connectivity index (χ3v) is 1.54. The Balaban J connectivity index is 4.96. The Hall–Kier alpha value is -1.17. The molecule has 0 amide bonds. The van der Waals surface area contributed by atoms with Crippen LogP contribution in [0.3, 0.4) is 0 Å². The number of ketones is 1. The highest BCUT2D eigenvalue weighted by atomic mass is 35.5. The van der Waals surface area contributed by atoms with Gasteiger partial charge in [0.2, 0.25) is 0 Å². The van der Waals surface area contributed by atoms with Gasteiger partial charge in [0.1, 0.15) is 11.8 Å². The van der Waals surface area contributed by atoms with Gasteiger partial charge in [-0.15, -0.1) is 0 Å². The number of halogens is 3. The number of carbonyl (C=O) groups excluding carboxylic acids is 2. The van der Waals surface area contributed by atoms with Crippen LogP contribution >= 0.6 is 11.6 Å². The van der Waals surface area contributed by atoms with E-state index < -0.39 is 22.7 Å². The Labute approximate surface area is 96.2 Å². The highest BCUT2D eigenvalue weighted by Crippen LogP contribution is 2.24. The second-order valence-corrected chi connectivity index (χ2v) is 3.01. The molecule has 0 aliphatic heterocycles. The predicted octanol–water partition coefficient (Wildman–Crippen LogP) is 1.87. The first-order valence-corrected chi connectivity index (χ1v) is 4.82. The summed E-state index contributed by atoms with van der Waals surface area (Å²) in [5, 5.41) is -4.16. The van der Waals surface area contributed by atoms with Crippen LogP contribution in [0.25, 0.3) is 0 Å². The van der Waals surface area contributed by atoms with E-state index in [4.69, 9.17) is 0 Å². The minimum atomic E-state index is -4.16. The monoisotopic (exact) mass is 256 g/mol. The molecule has 0 aromatic rings. The van der Waals surface area contributed by atoms with Crippen molar-refractivity contribution in [3.8, 4) is 0 Å². The number of ether oxygens (including phenoxy) is 2. The molecule has 7 heteroatoms. The van der Waals surface area contributed by atoms with Gasteiger partial charge in [0, 0.05) is 0 Å². The van der Waals surface area contributed by atoms with Crippen LogP contribution in [0.1, 0.15) is 13.8 Å². The van der Waals surface area contributed by atoms with E-state index in [-0.39, 0.29) is 13.2 Å². The van der Waals surface area contributed by atoms with Gasteiger partial charge in [-0.05, 0) is 25.4 Å². The predicted molar refractivity (Wildman–Crippen MR) is 52.1 cm³/mol. The molecule has 16 heavy (non-hydrogen) atoms. The van der Waals surface area contributed by atoms with Crippen molar-refractivity contribution in [2.45, 2.75) is 19.2 Å². The van der Waals surface area contributed by atoms with Crippen molar-refractivity contribution in [2.75, 3.05) is 13.2 Å². The smallest absolute Gasteiger partial charge is 0.385 e. The molecule has 0 atom stereocenters. The molecule has 0 unspecified atom stereocenters. The topological polar surface area (TPSA) is 52.6 Å². The molecule has 0 aliphatic carbocycles. The van der Waals surface area contributed by atoms with E-state index in [1.54, 1.807) is 6.92 Å². The Morgan fingerprint density at radius 1 is 1.31 bits per heavy atom. The maximum atomic E-state index is 12.5. The van der Waals surface area contributed by atoms with Gasteiger partial charge >= 0.3 is 11.4 Å². The molecule has 92 valence electrons. The first-order chi connectivity index (χ1) is 7.34. The van der Waals surface area contributed by atoms with Gasteiger partial charge in [0.15, 0.2) is 0 Å². The summed E-state index contributed by atoms with van der Waals surface area (Å²) in [7, 11) is 0. The first-order valence-electron chi connectivity index (χ1n) is 4.45. The molecule has 0 fully saturated rings. The van der Waals surface area contributed by atoms with Crippen LogP contribution in [0, 0.1) is 0 Å². The summed E-state index contributed by atoms with van der Waals surface area (Å²) in [6, 6.07) is 0. The lowest BCUT2D eigenvalue weighted by Crippen LogP contribution is -2.28. The van der Waals surface area contributed by atoms with Crippen molar-refractivity contribution in [1.82, 2.24) is 0 Å². The third-order valence-electron chi connectivity index (χ3n) is 1.37. The lowest BCUT2D eigenvalue weighted by atomic mass is 10.2. The lowest BCUT2D eigenvalue weighted by Gasteiger charge is -2.09. The van der Waals surface area contributed by atoms with Gasteiger partial charge in [-0.3, -0.25) is 4.79 Å². The molecule has 0 aromatic carbocycles. The number of esters is 1. The standard InChI is InChI=1S/C9H11ClF2O4/c1-3-15-5-6(8(14)16-4-2)7(13)9(10,11)12/h5H,3-4H2,1-2H3/b6-5+. The number of Topliss-reactive ketones (excluding diaryl/α,β-unsaturated/α-hetero) is 1. The third kappa shape index (κ3) is 4.57. The molecule has 0 heterocycles. The highest BCUT2D eigenvalue weighted by molar-refractivity contribution is 6.38. The van der Waals surface area contributed by atoms with E-state index in [0.29, 0.717) is 6.26 Å². The van der Waals surface area contributed by atoms with Crippen molar-refractivity contribution >= 4 is 23.4 Å². The van der Waals surface area contributed by atoms with Gasteiger partial charge in [-0.1, -0.05) is 0 Å². The van der Waals surface area contributed by atoms with E-state index in [1.807, 2.05) is 0 Å². The van der Waals surface area contributed by atoms with E-state index >= 15 is 0 Å². The van der Waals surface area contributed by atoms with Gasteiger partial charge in [0.25, 0.3) is 5.78 Å². The van der Waals surface area contributed by atoms with E-state index in [9.17, 15) is 18.4 Å². The molecule has 0 saturated heterocycles. The first kappa shape index (κ1) is 14.8. The molecule has 4 nitrogen and oxygen atoms in total. The van der Waals surface area contributed by atoms with E-state index in [1.165, 1.54) is 6.92 Å². The number of alkyl halides is 3. The fraction of sp³-hybridized carbons (Fsp3) is 0.556. The fourth-order valence-corrected chi connectivity index (χ4v) is 0.824. The summed E-state index contributed by atoms with van der Waals surface area (Å²) in [6.45, 7) is 3.09. The summed E-state index contributed by atoms with van der Waals surface area (Å²) in [5.41, 5.74) is -0.913. The molecule has 0 aromatic heterocycles. The zero-order chi connectivity index (χ0) is 12.8. The maximum absolute atomic E-state index is 12.5. The summed E-state index contributed by atoms with van der Waals surface area (Å²) in [4.78, 5) is 22.2. The SMILES string of the molecule is CCO/C=C(/C(=O)OCC)C(=O)C(F)(F)Cl. The Morgan fingerprint density at radius 2 is 1.88 bits per heavy atom. The minimum absolute atomic E-state index is 0.0521. The van der Waals surface area contributed by atoms with Crippen molar-refractivity contribution in [3.05, 3.63) is 11.8 Å². The molecule has 0 aliphatic rings. The zero-order valence-corrected chi connectivity index (χ0v) is 9.51. The Bertz CT molecular complexity index is 296. The Morgan fingerprint density at radius 3 is 2.25 bits per heavy atom. The zero-order valence-electron chi connectivity index (χ0n) is 8.76. The van der Waals surface area contributed by atoms with Gasteiger partial charge < -0.3 is 9.47 Å². The fourth-order valence-electron chi connectivity index (χ4n) is 0.723. The molecule has 0 radical (unpaired) electrons. The highest BCUT2D eigenvalue weighted by Gasteiger charge is 2.41. The molecule has 0 spiro atoms. The van der Waals surface area contributed by atoms with Crippen molar-refractivity contribution < 1.29 is 27.8 Å².